The van der Waals surface area contributed by atoms with Gasteiger partial charge >= 0.3 is 0 Å². The van der Waals surface area contributed by atoms with Crippen LogP contribution in [0.2, 0.25) is 0 Å². The maximum atomic E-state index is 5.37. The molecule has 0 radical (unpaired) electrons. The molecule has 1 saturated carbocycles. The first kappa shape index (κ1) is 14.9. The van der Waals surface area contributed by atoms with E-state index >= 15 is 0 Å². The number of aryl methyl sites for hydroxylation is 1. The van der Waals surface area contributed by atoms with Crippen LogP contribution in [0.4, 0.5) is 0 Å². The van der Waals surface area contributed by atoms with Gasteiger partial charge < -0.3 is 10.1 Å². The summed E-state index contributed by atoms with van der Waals surface area (Å²) in [4.78, 5) is 0. The van der Waals surface area contributed by atoms with E-state index in [1.165, 1.54) is 62.6 Å². The summed E-state index contributed by atoms with van der Waals surface area (Å²) in [5.74, 6) is 0.996. The highest BCUT2D eigenvalue weighted by molar-refractivity contribution is 5.37. The highest BCUT2D eigenvalue weighted by Gasteiger charge is 2.32. The fraction of sp³-hybridized carbons (Fsp3) is 0.684. The quantitative estimate of drug-likeness (QED) is 0.880. The molecule has 2 nitrogen and oxygen atoms in total. The van der Waals surface area contributed by atoms with E-state index in [9.17, 15) is 0 Å². The van der Waals surface area contributed by atoms with Crippen molar-refractivity contribution in [1.29, 1.82) is 0 Å². The average Bonchev–Trinajstić information content (AvgIpc) is 3.01. The van der Waals surface area contributed by atoms with Gasteiger partial charge in [-0.05, 0) is 67.2 Å². The van der Waals surface area contributed by atoms with Crippen LogP contribution in [0.5, 0.6) is 5.75 Å². The zero-order valence-electron chi connectivity index (χ0n) is 13.6. The Morgan fingerprint density at radius 3 is 2.76 bits per heavy atom. The molecule has 1 atom stereocenters. The van der Waals surface area contributed by atoms with Gasteiger partial charge in [-0.2, -0.15) is 0 Å². The number of benzene rings is 1. The van der Waals surface area contributed by atoms with Gasteiger partial charge in [-0.3, -0.25) is 0 Å². The zero-order valence-corrected chi connectivity index (χ0v) is 13.6. The summed E-state index contributed by atoms with van der Waals surface area (Å²) in [6.45, 7) is 3.58. The molecule has 21 heavy (non-hydrogen) atoms. The summed E-state index contributed by atoms with van der Waals surface area (Å²) >= 11 is 0. The van der Waals surface area contributed by atoms with Gasteiger partial charge in [0.2, 0.25) is 0 Å². The van der Waals surface area contributed by atoms with Crippen molar-refractivity contribution in [2.24, 2.45) is 5.41 Å². The first-order valence-corrected chi connectivity index (χ1v) is 8.64. The van der Waals surface area contributed by atoms with Gasteiger partial charge in [0.1, 0.15) is 5.75 Å². The molecule has 3 rings (SSSR count). The van der Waals surface area contributed by atoms with Crippen LogP contribution >= 0.6 is 0 Å². The lowest BCUT2D eigenvalue weighted by atomic mass is 9.82. The van der Waals surface area contributed by atoms with Gasteiger partial charge in [0, 0.05) is 12.6 Å². The second kappa shape index (κ2) is 6.39. The van der Waals surface area contributed by atoms with Crippen molar-refractivity contribution in [1.82, 2.24) is 5.32 Å². The largest absolute Gasteiger partial charge is 0.497 e. The number of nitrogens with one attached hydrogen (secondary N) is 1. The second-order valence-corrected chi connectivity index (χ2v) is 7.02. The van der Waals surface area contributed by atoms with Gasteiger partial charge in [0.05, 0.1) is 7.11 Å². The van der Waals surface area contributed by atoms with Crippen LogP contribution in [0, 0.1) is 5.41 Å². The third kappa shape index (κ3) is 3.26. The van der Waals surface area contributed by atoms with Crippen molar-refractivity contribution in [3.63, 3.8) is 0 Å². The Morgan fingerprint density at radius 2 is 2.05 bits per heavy atom. The number of ether oxygens (including phenoxy) is 1. The summed E-state index contributed by atoms with van der Waals surface area (Å²) in [5.41, 5.74) is 3.59. The van der Waals surface area contributed by atoms with Crippen LogP contribution in [0.3, 0.4) is 0 Å². The number of methoxy groups -OCH3 is 1. The van der Waals surface area contributed by atoms with E-state index in [1.807, 2.05) is 0 Å². The first-order chi connectivity index (χ1) is 10.2. The molecule has 0 amide bonds. The minimum absolute atomic E-state index is 0.592. The zero-order chi connectivity index (χ0) is 14.7. The summed E-state index contributed by atoms with van der Waals surface area (Å²) < 4.78 is 5.37. The molecule has 1 aromatic rings. The molecule has 1 N–H and O–H groups in total. The third-order valence-corrected chi connectivity index (χ3v) is 5.82. The van der Waals surface area contributed by atoms with Crippen LogP contribution in [-0.2, 0) is 12.8 Å². The molecule has 2 aliphatic carbocycles. The second-order valence-electron chi connectivity index (χ2n) is 7.02. The van der Waals surface area contributed by atoms with Crippen LogP contribution in [0.15, 0.2) is 18.2 Å². The van der Waals surface area contributed by atoms with Gasteiger partial charge in [0.25, 0.3) is 0 Å². The Kier molecular flexibility index (Phi) is 4.54. The monoisotopic (exact) mass is 287 g/mol. The lowest BCUT2D eigenvalue weighted by Gasteiger charge is -2.33. The van der Waals surface area contributed by atoms with Crippen molar-refractivity contribution in [2.75, 3.05) is 13.7 Å². The Hall–Kier alpha value is -1.02. The van der Waals surface area contributed by atoms with E-state index in [1.54, 1.807) is 7.11 Å². The fourth-order valence-corrected chi connectivity index (χ4v) is 4.18. The normalized spacial score (nSPS) is 23.8. The molecule has 0 bridgehead atoms. The molecule has 1 aromatic carbocycles. The summed E-state index contributed by atoms with van der Waals surface area (Å²) in [7, 11) is 1.76. The van der Waals surface area contributed by atoms with E-state index in [-0.39, 0.29) is 0 Å². The number of hydrogen-bond donors (Lipinski definition) is 1. The minimum Gasteiger partial charge on any atom is -0.497 e. The molecule has 1 fully saturated rings. The van der Waals surface area contributed by atoms with Crippen LogP contribution in [0.1, 0.15) is 56.6 Å². The lowest BCUT2D eigenvalue weighted by molar-refractivity contribution is 0.250. The Morgan fingerprint density at radius 1 is 1.24 bits per heavy atom. The SMILES string of the molecule is CCC1(CNC2CCc3ccc(OC)cc3C2)CCCC1. The van der Waals surface area contributed by atoms with Crippen LogP contribution in [-0.4, -0.2) is 19.7 Å². The third-order valence-electron chi connectivity index (χ3n) is 5.82. The smallest absolute Gasteiger partial charge is 0.119 e. The average molecular weight is 287 g/mol. The molecule has 0 aliphatic heterocycles. The molecule has 1 unspecified atom stereocenters. The maximum absolute atomic E-state index is 5.37. The van der Waals surface area contributed by atoms with Gasteiger partial charge in [0.15, 0.2) is 0 Å². The highest BCUT2D eigenvalue weighted by Crippen LogP contribution is 2.40. The molecular formula is C19H29NO. The summed E-state index contributed by atoms with van der Waals surface area (Å²) in [6.07, 6.45) is 10.7. The predicted octanol–water partition coefficient (Wildman–Crippen LogP) is 4.11. The van der Waals surface area contributed by atoms with E-state index in [0.717, 1.165) is 12.2 Å². The fourth-order valence-electron chi connectivity index (χ4n) is 4.18. The first-order valence-electron chi connectivity index (χ1n) is 8.64. The minimum atomic E-state index is 0.592. The van der Waals surface area contributed by atoms with Crippen LogP contribution < -0.4 is 10.1 Å². The van der Waals surface area contributed by atoms with E-state index < -0.39 is 0 Å². The number of hydrogen-bond acceptors (Lipinski definition) is 2. The lowest BCUT2D eigenvalue weighted by Crippen LogP contribution is -2.41. The Bertz CT molecular complexity index is 476. The topological polar surface area (TPSA) is 21.3 Å². The van der Waals surface area contributed by atoms with Crippen molar-refractivity contribution in [2.45, 2.75) is 64.3 Å². The van der Waals surface area contributed by atoms with Crippen molar-refractivity contribution in [3.8, 4) is 5.75 Å². The van der Waals surface area contributed by atoms with Gasteiger partial charge in [-0.15, -0.1) is 0 Å². The van der Waals surface area contributed by atoms with Crippen LogP contribution in [0.25, 0.3) is 0 Å². The molecule has 0 heterocycles. The molecule has 0 aromatic heterocycles. The van der Waals surface area contributed by atoms with E-state index in [0.29, 0.717) is 11.5 Å². The molecule has 0 saturated heterocycles. The van der Waals surface area contributed by atoms with Crippen molar-refractivity contribution in [3.05, 3.63) is 29.3 Å². The highest BCUT2D eigenvalue weighted by atomic mass is 16.5. The molecule has 0 spiro atoms. The van der Waals surface area contributed by atoms with Crippen molar-refractivity contribution < 1.29 is 4.74 Å². The summed E-state index contributed by atoms with van der Waals surface area (Å²) in [6, 6.07) is 7.22. The predicted molar refractivity (Wildman–Crippen MR) is 88.0 cm³/mol. The number of rotatable bonds is 5. The number of fused-ring (bicyclic) bond motifs is 1. The standard InChI is InChI=1S/C19H29NO/c1-3-19(10-4-5-11-19)14-20-17-8-6-15-7-9-18(21-2)13-16(15)12-17/h7,9,13,17,20H,3-6,8,10-12,14H2,1-2H3. The molecule has 2 heteroatoms. The maximum Gasteiger partial charge on any atom is 0.119 e. The molecule has 116 valence electrons. The Labute approximate surface area is 129 Å². The van der Waals surface area contributed by atoms with E-state index in [2.05, 4.69) is 30.4 Å². The van der Waals surface area contributed by atoms with Crippen molar-refractivity contribution >= 4 is 0 Å². The Balaban J connectivity index is 1.60. The van der Waals surface area contributed by atoms with Gasteiger partial charge in [-0.25, -0.2) is 0 Å². The molecule has 2 aliphatic rings. The summed E-state index contributed by atoms with van der Waals surface area (Å²) in [5, 5.41) is 3.89. The van der Waals surface area contributed by atoms with Gasteiger partial charge in [-0.1, -0.05) is 25.8 Å². The van der Waals surface area contributed by atoms with E-state index in [4.69, 9.17) is 4.74 Å². The molecular weight excluding hydrogens is 258 g/mol.